The Balaban J connectivity index is 0.000000736. The number of aldehydes is 1. The van der Waals surface area contributed by atoms with E-state index in [2.05, 4.69) is 109 Å². The summed E-state index contributed by atoms with van der Waals surface area (Å²) >= 11 is 23.0. The number of nitro groups is 5. The number of alkyl halides is 5. The molecule has 5 N–H and O–H groups in total. The fourth-order valence-electron chi connectivity index (χ4n) is 13.8. The van der Waals surface area contributed by atoms with Crippen molar-refractivity contribution < 1.29 is 72.8 Å². The molecule has 700 valence electrons. The number of ketones is 2. The number of nitrogens with zero attached hydrogens (tertiary/aromatic N) is 8. The van der Waals surface area contributed by atoms with Gasteiger partial charge in [-0.05, 0) is 173 Å². The summed E-state index contributed by atoms with van der Waals surface area (Å²) in [4.78, 5) is 129. The number of hydrogen-bond acceptors (Lipinski definition) is 24. The zero-order valence-corrected chi connectivity index (χ0v) is 81.6. The number of nitrogens with two attached hydrogens (primary N) is 1. The van der Waals surface area contributed by atoms with Crippen LogP contribution < -0.4 is 21.3 Å². The Kier molecular flexibility index (Phi) is 51.6. The molecular formula is C94H114Br2Cl3N11O20. The monoisotopic (exact) mass is 1980 g/mol. The number of nitrogens with one attached hydrogen (secondary N) is 2. The van der Waals surface area contributed by atoms with Gasteiger partial charge in [0.1, 0.15) is 11.6 Å². The molecule has 36 heteroatoms. The number of anilines is 2. The van der Waals surface area contributed by atoms with Crippen molar-refractivity contribution >= 4 is 148 Å². The van der Waals surface area contributed by atoms with E-state index < -0.39 is 37.2 Å². The van der Waals surface area contributed by atoms with Gasteiger partial charge in [0.15, 0.2) is 11.6 Å². The lowest BCUT2D eigenvalue weighted by atomic mass is 9.78. The second-order valence-corrected chi connectivity index (χ2v) is 33.3. The second kappa shape index (κ2) is 57.8. The molecule has 0 bridgehead atoms. The fraction of sp³-hybridized carbons (Fsp3) is 0.394. The van der Waals surface area contributed by atoms with Crippen LogP contribution in [0.5, 0.6) is 0 Å². The van der Waals surface area contributed by atoms with Gasteiger partial charge in [0.2, 0.25) is 11.8 Å². The van der Waals surface area contributed by atoms with Crippen LogP contribution in [0, 0.1) is 129 Å². The molecule has 0 spiro atoms. The van der Waals surface area contributed by atoms with Gasteiger partial charge in [-0.2, -0.15) is 10.5 Å². The lowest BCUT2D eigenvalue weighted by Crippen LogP contribution is -2.30. The summed E-state index contributed by atoms with van der Waals surface area (Å²) in [5.41, 5.74) is 19.1. The van der Waals surface area contributed by atoms with Crippen LogP contribution in [0.15, 0.2) is 152 Å². The number of carbonyl (C=O) groups excluding carboxylic acids is 7. The molecule has 0 saturated carbocycles. The van der Waals surface area contributed by atoms with Crippen LogP contribution >= 0.6 is 66.7 Å². The van der Waals surface area contributed by atoms with E-state index in [-0.39, 0.29) is 103 Å². The first kappa shape index (κ1) is 116. The van der Waals surface area contributed by atoms with Crippen LogP contribution in [-0.4, -0.2) is 134 Å². The second-order valence-electron chi connectivity index (χ2n) is 30.3. The van der Waals surface area contributed by atoms with Crippen LogP contribution in [0.2, 0.25) is 0 Å². The molecule has 6 unspecified atom stereocenters. The number of ether oxygens (including phenoxy) is 2. The first-order valence-electron chi connectivity index (χ1n) is 40.7. The molecule has 6 atom stereocenters. The maximum Gasteiger partial charge on any atom is 0.316 e. The number of nitriles is 2. The van der Waals surface area contributed by atoms with Crippen molar-refractivity contribution in [2.45, 2.75) is 177 Å². The molecular weight excluding hydrogens is 1870 g/mol. The highest BCUT2D eigenvalue weighted by Crippen LogP contribution is 2.39. The van der Waals surface area contributed by atoms with Crippen LogP contribution in [0.4, 0.5) is 39.8 Å². The summed E-state index contributed by atoms with van der Waals surface area (Å²) in [6.07, 6.45) is 0.931. The zero-order chi connectivity index (χ0) is 99.3. The molecule has 0 aliphatic carbocycles. The van der Waals surface area contributed by atoms with Crippen LogP contribution in [-0.2, 0) is 49.7 Å². The number of halogens is 5. The predicted octanol–water partition coefficient (Wildman–Crippen LogP) is 20.6. The van der Waals surface area contributed by atoms with E-state index in [1.54, 1.807) is 119 Å². The highest BCUT2D eigenvalue weighted by molar-refractivity contribution is 9.09. The lowest BCUT2D eigenvalue weighted by Gasteiger charge is -2.30. The molecule has 0 radical (unpaired) electrons. The van der Waals surface area contributed by atoms with Crippen LogP contribution in [0.1, 0.15) is 204 Å². The standard InChI is InChI=1S/C16H22Cl2N2O.C14H16N2O4.C12H16N2O.C10H10N2O2.C9H10BrNO2.C9H11NO3.C9H9NO3.C9H10O.C4H7BrO2.C2H3ClO/c1-12-13(16(2)10-15(21)19-11-16)4-3-5-14(12)20(8-6-17)9-7-18;1-4-20-13(17)8-14(3,9-15)11-6-5-7-12(10(11)2)16(18)19;1-8-9(4-3-5-10(8)13)12(2)6-11(15)14-7-12;1-7(6-11)9-4-3-5-10(8(9)2)12(13)14;1-6-8(7(2)10)4-3-5-9(6)11(12)13;2*1-6-8(7(2)11)4-3-5-9(6)10(12)13;1-7-5-3-4-6-9(7)8(2)10;1-2-7-4(6)3-5;3-1-2-4/h3-5H,6-11H2,1-2H3,(H,19,21);5-7H,4,8H2,1-3H3;3-5H,6-7,13H2,1-2H3,(H,14,15);3-5,7H,1-2H3;3-5,7H,1-2H3;3-5,7,11H,1-2H3;3-5H,1-2H3;3-6H,1-2H3;2-3H2,1H3;2H,1H2. The first-order valence-corrected chi connectivity index (χ1v) is 44.3. The van der Waals surface area contributed by atoms with Crippen molar-refractivity contribution in [1.82, 2.24) is 10.6 Å². The Morgan fingerprint density at radius 1 is 0.562 bits per heavy atom. The van der Waals surface area contributed by atoms with Crippen molar-refractivity contribution in [3.63, 3.8) is 0 Å². The Morgan fingerprint density at radius 2 is 0.938 bits per heavy atom. The van der Waals surface area contributed by atoms with E-state index in [1.807, 2.05) is 63.2 Å². The van der Waals surface area contributed by atoms with Gasteiger partial charge < -0.3 is 40.6 Å². The number of aliphatic hydroxyl groups excluding tert-OH is 1. The fourth-order valence-corrected chi connectivity index (χ4v) is 14.9. The topological polar surface area (TPSA) is 475 Å². The summed E-state index contributed by atoms with van der Waals surface area (Å²) in [5, 5.41) is 86.7. The minimum absolute atomic E-state index is 0.00676. The maximum absolute atomic E-state index is 11.6. The summed E-state index contributed by atoms with van der Waals surface area (Å²) < 4.78 is 9.36. The van der Waals surface area contributed by atoms with Gasteiger partial charge in [0.05, 0.1) is 79.7 Å². The third-order valence-electron chi connectivity index (χ3n) is 20.7. The normalized spacial score (nSPS) is 14.5. The average Bonchev–Trinajstić information content (AvgIpc) is 1.55. The molecule has 2 aliphatic rings. The first-order chi connectivity index (χ1) is 61.0. The van der Waals surface area contributed by atoms with E-state index in [1.165, 1.54) is 66.1 Å². The van der Waals surface area contributed by atoms with Gasteiger partial charge in [-0.25, -0.2) is 0 Å². The lowest BCUT2D eigenvalue weighted by molar-refractivity contribution is -0.385. The number of rotatable bonds is 24. The minimum atomic E-state index is -1.15. The largest absolute Gasteiger partial charge is 0.466 e. The number of carbonyl (C=O) groups is 7. The number of benzene rings is 8. The molecule has 0 aromatic heterocycles. The minimum Gasteiger partial charge on any atom is -0.466 e. The number of amides is 2. The summed E-state index contributed by atoms with van der Waals surface area (Å²) in [5.74, 6) is 0.467. The quantitative estimate of drug-likeness (QED) is 0.00830. The smallest absolute Gasteiger partial charge is 0.316 e. The van der Waals surface area contributed by atoms with Gasteiger partial charge in [-0.3, -0.25) is 79.3 Å². The SMILES string of the molecule is CC(=O)c1cccc([N+](=O)[O-])c1C.CC(=O)c1ccccc1C.CCOC(=O)CBr.CCOC(=O)CC(C)(C#N)c1cccc([N+](=O)[O-])c1C.Cc1c(C(C)Br)cccc1[N+](=O)[O-].Cc1c(C(C)C#N)cccc1[N+](=O)[O-].Cc1c(C(C)O)cccc1[N+](=O)[O-].Cc1c(N(CCCl)CCCl)cccc1C1(C)CNC(=O)C1.Cc1c(N)cccc1C1(C)CNC(=O)C1.O=CCCl. The highest BCUT2D eigenvalue weighted by Gasteiger charge is 2.39. The Morgan fingerprint density at radius 3 is 1.31 bits per heavy atom. The van der Waals surface area contributed by atoms with Crippen molar-refractivity contribution in [1.29, 1.82) is 10.5 Å². The molecule has 2 saturated heterocycles. The zero-order valence-electron chi connectivity index (χ0n) is 76.2. The van der Waals surface area contributed by atoms with Crippen molar-refractivity contribution in [2.24, 2.45) is 0 Å². The predicted molar refractivity (Wildman–Crippen MR) is 514 cm³/mol. The third kappa shape index (κ3) is 36.2. The van der Waals surface area contributed by atoms with E-state index in [9.17, 15) is 89.7 Å². The van der Waals surface area contributed by atoms with Gasteiger partial charge in [0, 0.05) is 147 Å². The molecule has 2 heterocycles. The Labute approximate surface area is 790 Å². The number of nitro benzene ring substituents is 5. The summed E-state index contributed by atoms with van der Waals surface area (Å²) in [6, 6.07) is 47.5. The molecule has 2 amide bonds. The van der Waals surface area contributed by atoms with E-state index in [0.717, 1.165) is 57.8 Å². The molecule has 2 fully saturated rings. The number of aryl methyl sites for hydroxylation is 1. The molecule has 8 aromatic rings. The number of esters is 2. The van der Waals surface area contributed by atoms with E-state index in [0.29, 0.717) is 94.9 Å². The average molecular weight is 1980 g/mol. The third-order valence-corrected chi connectivity index (χ3v) is 22.1. The highest BCUT2D eigenvalue weighted by atomic mass is 79.9. The maximum atomic E-state index is 11.6. The summed E-state index contributed by atoms with van der Waals surface area (Å²) in [7, 11) is 0. The van der Waals surface area contributed by atoms with Gasteiger partial charge in [0.25, 0.3) is 28.4 Å². The molecule has 2 aliphatic heterocycles. The number of hydrogen-bond donors (Lipinski definition) is 4. The molecule has 130 heavy (non-hydrogen) atoms. The van der Waals surface area contributed by atoms with Crippen molar-refractivity contribution in [3.8, 4) is 12.1 Å². The molecule has 10 rings (SSSR count). The Bertz CT molecular complexity index is 5230. The van der Waals surface area contributed by atoms with Crippen molar-refractivity contribution in [3.05, 3.63) is 291 Å². The number of aliphatic hydroxyl groups is 1. The Hall–Kier alpha value is -12.0. The van der Waals surface area contributed by atoms with Gasteiger partial charge >= 0.3 is 11.9 Å². The van der Waals surface area contributed by atoms with Crippen LogP contribution in [0.3, 0.4) is 0 Å². The number of nitrogen functional groups attached to an aromatic ring is 1. The van der Waals surface area contributed by atoms with E-state index >= 15 is 0 Å². The summed E-state index contributed by atoms with van der Waals surface area (Å²) in [6.45, 7) is 35.5. The van der Waals surface area contributed by atoms with Gasteiger partial charge in [-0.1, -0.05) is 155 Å². The van der Waals surface area contributed by atoms with Crippen LogP contribution in [0.25, 0.3) is 0 Å². The van der Waals surface area contributed by atoms with E-state index in [4.69, 9.17) is 55.3 Å². The van der Waals surface area contributed by atoms with Gasteiger partial charge in [-0.15, -0.1) is 34.8 Å². The molecule has 8 aromatic carbocycles. The molecule has 31 nitrogen and oxygen atoms in total. The van der Waals surface area contributed by atoms with Crippen molar-refractivity contribution in [2.75, 3.05) is 73.0 Å². The number of Topliss-reactive ketones (excluding diaryl/α,β-unsaturated/α-hetero) is 2.